The predicted molar refractivity (Wildman–Crippen MR) is 85.8 cm³/mol. The van der Waals surface area contributed by atoms with Gasteiger partial charge in [-0.1, -0.05) is 36.0 Å². The molecule has 0 radical (unpaired) electrons. The molecule has 0 aromatic heterocycles. The molecule has 1 unspecified atom stereocenters. The fraction of sp³-hybridized carbons (Fsp3) is 0.133. The minimum absolute atomic E-state index is 0.202. The molecular weight excluding hydrogens is 276 g/mol. The van der Waals surface area contributed by atoms with Crippen molar-refractivity contribution in [2.75, 3.05) is 5.32 Å². The molecule has 2 nitrogen and oxygen atoms in total. The summed E-state index contributed by atoms with van der Waals surface area (Å²) < 4.78 is 0. The van der Waals surface area contributed by atoms with Gasteiger partial charge in [0.05, 0.1) is 0 Å². The van der Waals surface area contributed by atoms with E-state index in [1.54, 1.807) is 0 Å². The van der Waals surface area contributed by atoms with Gasteiger partial charge in [-0.25, -0.2) is 0 Å². The first kappa shape index (κ1) is 13.8. The van der Waals surface area contributed by atoms with Crippen molar-refractivity contribution >= 4 is 34.5 Å². The third-order valence-corrected chi connectivity index (χ3v) is 3.41. The van der Waals surface area contributed by atoms with E-state index in [9.17, 15) is 0 Å². The molecule has 4 heteroatoms. The Labute approximate surface area is 123 Å². The Morgan fingerprint density at radius 3 is 2.21 bits per heavy atom. The number of anilines is 1. The minimum atomic E-state index is 0.202. The quantitative estimate of drug-likeness (QED) is 0.831. The Morgan fingerprint density at radius 1 is 1.11 bits per heavy atom. The van der Waals surface area contributed by atoms with Crippen LogP contribution in [0.1, 0.15) is 24.1 Å². The first-order valence-corrected chi connectivity index (χ1v) is 6.77. The summed E-state index contributed by atoms with van der Waals surface area (Å²) >= 11 is 10.8. The topological polar surface area (TPSA) is 38.0 Å². The maximum Gasteiger partial charge on any atom is 0.103 e. The van der Waals surface area contributed by atoms with E-state index in [0.717, 1.165) is 16.3 Å². The molecule has 2 rings (SSSR count). The normalized spacial score (nSPS) is 11.9. The summed E-state index contributed by atoms with van der Waals surface area (Å²) in [7, 11) is 0. The SMILES string of the molecule is CC(Nc1ccc(C(N)=S)cc1)c1ccc(Cl)cc1. The van der Waals surface area contributed by atoms with Crippen LogP contribution in [0.25, 0.3) is 0 Å². The Balaban J connectivity index is 2.08. The molecule has 0 saturated carbocycles. The highest BCUT2D eigenvalue weighted by Gasteiger charge is 2.05. The number of halogens is 1. The molecule has 0 aliphatic heterocycles. The fourth-order valence-corrected chi connectivity index (χ4v) is 2.08. The molecule has 0 fully saturated rings. The number of benzene rings is 2. The number of nitrogens with two attached hydrogens (primary N) is 1. The van der Waals surface area contributed by atoms with Gasteiger partial charge in [0, 0.05) is 22.3 Å². The monoisotopic (exact) mass is 290 g/mol. The summed E-state index contributed by atoms with van der Waals surface area (Å²) in [5.74, 6) is 0. The molecule has 19 heavy (non-hydrogen) atoms. The average molecular weight is 291 g/mol. The lowest BCUT2D eigenvalue weighted by Crippen LogP contribution is -2.10. The lowest BCUT2D eigenvalue weighted by atomic mass is 10.1. The highest BCUT2D eigenvalue weighted by atomic mass is 35.5. The average Bonchev–Trinajstić information content (AvgIpc) is 2.40. The number of hydrogen-bond donors (Lipinski definition) is 2. The molecule has 0 aliphatic rings. The van der Waals surface area contributed by atoms with E-state index in [0.29, 0.717) is 4.99 Å². The molecule has 98 valence electrons. The Hall–Kier alpha value is -1.58. The van der Waals surface area contributed by atoms with E-state index in [1.807, 2.05) is 48.5 Å². The first-order chi connectivity index (χ1) is 9.06. The van der Waals surface area contributed by atoms with E-state index in [2.05, 4.69) is 12.2 Å². The first-order valence-electron chi connectivity index (χ1n) is 5.98. The van der Waals surface area contributed by atoms with E-state index >= 15 is 0 Å². The molecule has 0 amide bonds. The zero-order valence-corrected chi connectivity index (χ0v) is 12.1. The Bertz CT molecular complexity index is 564. The zero-order chi connectivity index (χ0) is 13.8. The van der Waals surface area contributed by atoms with Gasteiger partial charge in [-0.05, 0) is 48.9 Å². The van der Waals surface area contributed by atoms with Crippen molar-refractivity contribution in [3.8, 4) is 0 Å². The van der Waals surface area contributed by atoms with Gasteiger partial charge in [0.15, 0.2) is 0 Å². The number of nitrogens with one attached hydrogen (secondary N) is 1. The van der Waals surface area contributed by atoms with E-state index in [4.69, 9.17) is 29.6 Å². The summed E-state index contributed by atoms with van der Waals surface area (Å²) in [5.41, 5.74) is 8.66. The lowest BCUT2D eigenvalue weighted by molar-refractivity contribution is 0.885. The zero-order valence-electron chi connectivity index (χ0n) is 10.6. The third kappa shape index (κ3) is 3.69. The van der Waals surface area contributed by atoms with Gasteiger partial charge in [-0.15, -0.1) is 0 Å². The van der Waals surface area contributed by atoms with Gasteiger partial charge in [-0.2, -0.15) is 0 Å². The highest BCUT2D eigenvalue weighted by Crippen LogP contribution is 2.21. The molecule has 1 atom stereocenters. The van der Waals surface area contributed by atoms with Gasteiger partial charge in [0.2, 0.25) is 0 Å². The Kier molecular flexibility index (Phi) is 4.40. The van der Waals surface area contributed by atoms with Gasteiger partial charge in [0.25, 0.3) is 0 Å². The standard InChI is InChI=1S/C15H15ClN2S/c1-10(11-2-6-13(16)7-3-11)18-14-8-4-12(5-9-14)15(17)19/h2-10,18H,1H3,(H2,17,19). The lowest BCUT2D eigenvalue weighted by Gasteiger charge is -2.16. The maximum absolute atomic E-state index is 5.88. The van der Waals surface area contributed by atoms with Crippen molar-refractivity contribution in [1.29, 1.82) is 0 Å². The molecule has 0 heterocycles. The molecule has 0 aliphatic carbocycles. The molecule has 3 N–H and O–H groups in total. The van der Waals surface area contributed by atoms with Crippen LogP contribution in [0.5, 0.6) is 0 Å². The second kappa shape index (κ2) is 6.04. The van der Waals surface area contributed by atoms with Crippen molar-refractivity contribution in [3.05, 3.63) is 64.7 Å². The summed E-state index contributed by atoms with van der Waals surface area (Å²) in [6.45, 7) is 2.10. The highest BCUT2D eigenvalue weighted by molar-refractivity contribution is 7.80. The Morgan fingerprint density at radius 2 is 1.68 bits per heavy atom. The molecule has 0 spiro atoms. The molecule has 0 saturated heterocycles. The van der Waals surface area contributed by atoms with Gasteiger partial charge in [0.1, 0.15) is 4.99 Å². The number of thiocarbonyl (C=S) groups is 1. The van der Waals surface area contributed by atoms with Crippen molar-refractivity contribution in [3.63, 3.8) is 0 Å². The second-order valence-electron chi connectivity index (χ2n) is 4.36. The summed E-state index contributed by atoms with van der Waals surface area (Å²) in [4.78, 5) is 0.414. The van der Waals surface area contributed by atoms with Crippen LogP contribution in [0.3, 0.4) is 0 Å². The summed E-state index contributed by atoms with van der Waals surface area (Å²) in [5, 5.41) is 4.16. The number of hydrogen-bond acceptors (Lipinski definition) is 2. The van der Waals surface area contributed by atoms with Crippen LogP contribution in [-0.2, 0) is 0 Å². The van der Waals surface area contributed by atoms with Gasteiger partial charge in [-0.3, -0.25) is 0 Å². The minimum Gasteiger partial charge on any atom is -0.389 e. The van der Waals surface area contributed by atoms with Crippen molar-refractivity contribution < 1.29 is 0 Å². The van der Waals surface area contributed by atoms with Gasteiger partial charge >= 0.3 is 0 Å². The second-order valence-corrected chi connectivity index (χ2v) is 5.24. The summed E-state index contributed by atoms with van der Waals surface area (Å²) in [6.07, 6.45) is 0. The maximum atomic E-state index is 5.88. The molecule has 2 aromatic rings. The van der Waals surface area contributed by atoms with Gasteiger partial charge < -0.3 is 11.1 Å². The van der Waals surface area contributed by atoms with E-state index in [-0.39, 0.29) is 6.04 Å². The van der Waals surface area contributed by atoms with Crippen LogP contribution in [0.2, 0.25) is 5.02 Å². The molecule has 0 bridgehead atoms. The van der Waals surface area contributed by atoms with Crippen molar-refractivity contribution in [1.82, 2.24) is 0 Å². The summed E-state index contributed by atoms with van der Waals surface area (Å²) in [6, 6.07) is 15.8. The number of rotatable bonds is 4. The predicted octanol–water partition coefficient (Wildman–Crippen LogP) is 4.15. The van der Waals surface area contributed by atoms with E-state index < -0.39 is 0 Å². The van der Waals surface area contributed by atoms with Crippen molar-refractivity contribution in [2.45, 2.75) is 13.0 Å². The third-order valence-electron chi connectivity index (χ3n) is 2.92. The van der Waals surface area contributed by atoms with E-state index in [1.165, 1.54) is 5.56 Å². The van der Waals surface area contributed by atoms with Crippen LogP contribution in [0, 0.1) is 0 Å². The van der Waals surface area contributed by atoms with Crippen LogP contribution in [0.15, 0.2) is 48.5 Å². The largest absolute Gasteiger partial charge is 0.389 e. The van der Waals surface area contributed by atoms with Crippen LogP contribution in [0.4, 0.5) is 5.69 Å². The molecular formula is C15H15ClN2S. The molecule has 2 aromatic carbocycles. The smallest absolute Gasteiger partial charge is 0.103 e. The van der Waals surface area contributed by atoms with Crippen LogP contribution < -0.4 is 11.1 Å². The van der Waals surface area contributed by atoms with Crippen LogP contribution >= 0.6 is 23.8 Å². The van der Waals surface area contributed by atoms with Crippen molar-refractivity contribution in [2.24, 2.45) is 5.73 Å². The fourth-order valence-electron chi connectivity index (χ4n) is 1.82. The van der Waals surface area contributed by atoms with Crippen LogP contribution in [-0.4, -0.2) is 4.99 Å².